The molecule has 0 spiro atoms. The van der Waals surface area contributed by atoms with Gasteiger partial charge in [0.1, 0.15) is 23.2 Å². The molecule has 1 heteroatoms. The molecule has 182 valence electrons. The first-order valence-corrected chi connectivity index (χ1v) is 15.5. The second-order valence-corrected chi connectivity index (χ2v) is 14.4. The van der Waals surface area contributed by atoms with Gasteiger partial charge in [0.05, 0.1) is 6.16 Å². The topological polar surface area (TPSA) is 0 Å². The van der Waals surface area contributed by atoms with Crippen molar-refractivity contribution in [2.45, 2.75) is 72.6 Å². The van der Waals surface area contributed by atoms with Crippen LogP contribution in [0.5, 0.6) is 0 Å². The lowest BCUT2D eigenvalue weighted by atomic mass is 9.93. The van der Waals surface area contributed by atoms with Crippen LogP contribution in [0, 0.1) is 17.8 Å². The third-order valence-electron chi connectivity index (χ3n) is 7.42. The Hall–Kier alpha value is -1.91. The molecule has 34 heavy (non-hydrogen) atoms. The molecule has 0 fully saturated rings. The molecule has 3 aromatic rings. The zero-order chi connectivity index (χ0) is 24.2. The van der Waals surface area contributed by atoms with Gasteiger partial charge in [-0.2, -0.15) is 0 Å². The smallest absolute Gasteiger partial charge is 0.0628 e. The summed E-state index contributed by atoms with van der Waals surface area (Å²) in [4.78, 5) is 0. The lowest BCUT2D eigenvalue weighted by Gasteiger charge is -2.29. The maximum atomic E-state index is 2.49. The Balaban J connectivity index is 1.72. The molecule has 0 aliphatic rings. The highest BCUT2D eigenvalue weighted by molar-refractivity contribution is 7.95. The van der Waals surface area contributed by atoms with E-state index in [0.717, 1.165) is 17.8 Å². The predicted molar refractivity (Wildman–Crippen MR) is 155 cm³/mol. The Morgan fingerprint density at radius 1 is 0.471 bits per heavy atom. The molecule has 0 aromatic heterocycles. The fourth-order valence-electron chi connectivity index (χ4n) is 5.27. The maximum Gasteiger partial charge on any atom is 0.112 e. The molecule has 0 saturated carbocycles. The van der Waals surface area contributed by atoms with Crippen LogP contribution in [-0.4, -0.2) is 6.16 Å². The number of hydrogen-bond donors (Lipinski definition) is 0. The zero-order valence-corrected chi connectivity index (χ0v) is 22.9. The van der Waals surface area contributed by atoms with Crippen molar-refractivity contribution in [1.29, 1.82) is 0 Å². The van der Waals surface area contributed by atoms with Crippen LogP contribution in [0.3, 0.4) is 0 Å². The minimum Gasteiger partial charge on any atom is -0.0628 e. The Labute approximate surface area is 210 Å². The third-order valence-corrected chi connectivity index (χ3v) is 11.9. The Morgan fingerprint density at radius 2 is 0.824 bits per heavy atom. The maximum absolute atomic E-state index is 2.49. The van der Waals surface area contributed by atoms with Crippen molar-refractivity contribution >= 4 is 23.2 Å². The minimum absolute atomic E-state index is 0.762. The molecule has 3 aromatic carbocycles. The quantitative estimate of drug-likeness (QED) is 0.206. The third kappa shape index (κ3) is 7.55. The van der Waals surface area contributed by atoms with E-state index >= 15 is 0 Å². The van der Waals surface area contributed by atoms with E-state index in [1.165, 1.54) is 67.0 Å². The summed E-state index contributed by atoms with van der Waals surface area (Å²) in [5.41, 5.74) is 0. The van der Waals surface area contributed by atoms with E-state index in [1.54, 1.807) is 0 Å². The number of benzene rings is 3. The second kappa shape index (κ2) is 13.8. The van der Waals surface area contributed by atoms with Gasteiger partial charge in [0, 0.05) is 0 Å². The van der Waals surface area contributed by atoms with Gasteiger partial charge in [-0.15, -0.1) is 0 Å². The number of rotatable bonds is 14. The van der Waals surface area contributed by atoms with Crippen LogP contribution in [0.15, 0.2) is 91.0 Å². The van der Waals surface area contributed by atoms with E-state index < -0.39 is 7.26 Å². The SMILES string of the molecule is CC(C)CCC[C@@H](C)CCC[C@@H](C)CC[P+](c1ccccc1)(c1ccccc1)c1ccccc1. The summed E-state index contributed by atoms with van der Waals surface area (Å²) in [5.74, 6) is 2.48. The van der Waals surface area contributed by atoms with Gasteiger partial charge in [0.15, 0.2) is 0 Å². The fraction of sp³-hybridized carbons (Fsp3) is 0.455. The predicted octanol–water partition coefficient (Wildman–Crippen LogP) is 8.64. The molecule has 0 unspecified atom stereocenters. The highest BCUT2D eigenvalue weighted by Gasteiger charge is 2.44. The molecular formula is C33H46P+. The van der Waals surface area contributed by atoms with Crippen LogP contribution in [0.4, 0.5) is 0 Å². The lowest BCUT2D eigenvalue weighted by Crippen LogP contribution is -2.33. The molecule has 0 nitrogen and oxygen atoms in total. The Kier molecular flexibility index (Phi) is 10.9. The van der Waals surface area contributed by atoms with E-state index in [9.17, 15) is 0 Å². The summed E-state index contributed by atoms with van der Waals surface area (Å²) in [5, 5.41) is 4.54. The van der Waals surface area contributed by atoms with Crippen LogP contribution in [0.25, 0.3) is 0 Å². The molecular weight excluding hydrogens is 427 g/mol. The monoisotopic (exact) mass is 473 g/mol. The summed E-state index contributed by atoms with van der Waals surface area (Å²) < 4.78 is 0. The first-order chi connectivity index (χ1) is 16.5. The van der Waals surface area contributed by atoms with Crippen LogP contribution >= 0.6 is 7.26 Å². The van der Waals surface area contributed by atoms with Crippen molar-refractivity contribution < 1.29 is 0 Å². The van der Waals surface area contributed by atoms with Crippen molar-refractivity contribution in [1.82, 2.24) is 0 Å². The van der Waals surface area contributed by atoms with Crippen molar-refractivity contribution in [2.24, 2.45) is 17.8 Å². The van der Waals surface area contributed by atoms with Gasteiger partial charge in [-0.25, -0.2) is 0 Å². The minimum atomic E-state index is -1.68. The van der Waals surface area contributed by atoms with E-state index in [2.05, 4.69) is 119 Å². The summed E-state index contributed by atoms with van der Waals surface area (Å²) in [6.45, 7) is 9.63. The fourth-order valence-corrected chi connectivity index (χ4v) is 9.81. The van der Waals surface area contributed by atoms with Gasteiger partial charge in [-0.3, -0.25) is 0 Å². The van der Waals surface area contributed by atoms with Gasteiger partial charge in [0.2, 0.25) is 0 Å². The highest BCUT2D eigenvalue weighted by Crippen LogP contribution is 2.56. The van der Waals surface area contributed by atoms with Crippen molar-refractivity contribution in [3.8, 4) is 0 Å². The van der Waals surface area contributed by atoms with Gasteiger partial charge in [-0.05, 0) is 60.6 Å². The van der Waals surface area contributed by atoms with Crippen molar-refractivity contribution in [2.75, 3.05) is 6.16 Å². The van der Waals surface area contributed by atoms with E-state index in [4.69, 9.17) is 0 Å². The summed E-state index contributed by atoms with van der Waals surface area (Å²) in [6, 6.07) is 34.0. The summed E-state index contributed by atoms with van der Waals surface area (Å²) in [7, 11) is -1.68. The van der Waals surface area contributed by atoms with Crippen molar-refractivity contribution in [3.63, 3.8) is 0 Å². The largest absolute Gasteiger partial charge is 0.112 e. The number of hydrogen-bond acceptors (Lipinski definition) is 0. The van der Waals surface area contributed by atoms with Crippen LogP contribution < -0.4 is 15.9 Å². The van der Waals surface area contributed by atoms with E-state index in [-0.39, 0.29) is 0 Å². The zero-order valence-electron chi connectivity index (χ0n) is 22.0. The standard InChI is InChI=1S/C33H46P/c1-28(2)16-14-17-29(3)18-15-19-30(4)26-27-34(31-20-8-5-9-21-31,32-22-10-6-11-23-32)33-24-12-7-13-25-33/h5-13,20-25,28-30H,14-19,26-27H2,1-4H3/q+1/t29-,30-/m1/s1. The van der Waals surface area contributed by atoms with Crippen LogP contribution in [0.1, 0.15) is 72.6 Å². The van der Waals surface area contributed by atoms with E-state index in [1.807, 2.05) is 0 Å². The molecule has 0 N–H and O–H groups in total. The average Bonchev–Trinajstić information content (AvgIpc) is 2.86. The first kappa shape index (κ1) is 26.7. The van der Waals surface area contributed by atoms with Gasteiger partial charge < -0.3 is 0 Å². The van der Waals surface area contributed by atoms with Crippen molar-refractivity contribution in [3.05, 3.63) is 91.0 Å². The summed E-state index contributed by atoms with van der Waals surface area (Å²) >= 11 is 0. The lowest BCUT2D eigenvalue weighted by molar-refractivity contribution is 0.397. The van der Waals surface area contributed by atoms with Gasteiger partial charge in [0.25, 0.3) is 0 Å². The first-order valence-electron chi connectivity index (χ1n) is 13.6. The molecule has 2 atom stereocenters. The molecule has 0 aliphatic carbocycles. The molecule has 0 aliphatic heterocycles. The molecule has 0 heterocycles. The molecule has 0 radical (unpaired) electrons. The average molecular weight is 474 g/mol. The Bertz CT molecular complexity index is 820. The normalized spacial score (nSPS) is 13.7. The molecule has 0 saturated heterocycles. The van der Waals surface area contributed by atoms with E-state index in [0.29, 0.717) is 0 Å². The molecule has 3 rings (SSSR count). The van der Waals surface area contributed by atoms with Gasteiger partial charge >= 0.3 is 0 Å². The van der Waals surface area contributed by atoms with Crippen LogP contribution in [-0.2, 0) is 0 Å². The second-order valence-electron chi connectivity index (χ2n) is 10.8. The Morgan fingerprint density at radius 3 is 1.21 bits per heavy atom. The summed E-state index contributed by atoms with van der Waals surface area (Å²) in [6.07, 6.45) is 10.8. The van der Waals surface area contributed by atoms with Gasteiger partial charge in [-0.1, -0.05) is 121 Å². The van der Waals surface area contributed by atoms with Crippen LogP contribution in [0.2, 0.25) is 0 Å². The molecule has 0 amide bonds. The highest BCUT2D eigenvalue weighted by atomic mass is 31.2. The molecule has 0 bridgehead atoms.